The number of esters is 2. The van der Waals surface area contributed by atoms with Crippen LogP contribution in [-0.4, -0.2) is 35.3 Å². The predicted molar refractivity (Wildman–Crippen MR) is 98.8 cm³/mol. The van der Waals surface area contributed by atoms with Crippen molar-refractivity contribution in [1.82, 2.24) is 0 Å². The number of ether oxygens (including phenoxy) is 3. The maximum absolute atomic E-state index is 12.3. The number of hydrogen-bond donors (Lipinski definition) is 0. The average molecular weight is 378 g/mol. The molecule has 0 aliphatic rings. The van der Waals surface area contributed by atoms with Crippen LogP contribution in [0.1, 0.15) is 53.5 Å². The fourth-order valence-corrected chi connectivity index (χ4v) is 1.98. The summed E-state index contributed by atoms with van der Waals surface area (Å²) >= 11 is 0. The van der Waals surface area contributed by atoms with E-state index in [4.69, 9.17) is 14.2 Å². The Balaban J connectivity index is 2.84. The molecule has 1 aromatic carbocycles. The van der Waals surface area contributed by atoms with Crippen LogP contribution in [0.5, 0.6) is 0 Å². The molecule has 0 aliphatic carbocycles. The molecule has 7 nitrogen and oxygen atoms in total. The minimum atomic E-state index is -1.33. The molecule has 0 saturated carbocycles. The van der Waals surface area contributed by atoms with Gasteiger partial charge in [-0.05, 0) is 47.1 Å². The standard InChI is InChI=1S/C20H29NO6/c1-19(2,3)26-16(22)12-15(17(23)27-20(4,5)6)21-18(24)25-13-14-10-8-7-9-11-14/h7-11,15H,12-13H2,1-6H3,(H,21,24)/p-1. The van der Waals surface area contributed by atoms with Gasteiger partial charge in [-0.25, -0.2) is 4.79 Å². The van der Waals surface area contributed by atoms with E-state index in [1.165, 1.54) is 0 Å². The number of benzene rings is 1. The first-order valence-corrected chi connectivity index (χ1v) is 8.72. The first-order valence-electron chi connectivity index (χ1n) is 8.72. The van der Waals surface area contributed by atoms with Gasteiger partial charge in [0.1, 0.15) is 17.3 Å². The van der Waals surface area contributed by atoms with Crippen molar-refractivity contribution in [2.24, 2.45) is 4.99 Å². The van der Waals surface area contributed by atoms with Crippen molar-refractivity contribution in [1.29, 1.82) is 0 Å². The van der Waals surface area contributed by atoms with Crippen molar-refractivity contribution in [3.05, 3.63) is 35.9 Å². The van der Waals surface area contributed by atoms with Crippen molar-refractivity contribution in [3.63, 3.8) is 0 Å². The van der Waals surface area contributed by atoms with Gasteiger partial charge in [-0.15, -0.1) is 0 Å². The molecule has 0 N–H and O–H groups in total. The van der Waals surface area contributed by atoms with E-state index < -0.39 is 41.7 Å². The summed E-state index contributed by atoms with van der Waals surface area (Å²) in [6, 6.07) is 7.72. The molecule has 0 radical (unpaired) electrons. The molecule has 0 spiro atoms. The Morgan fingerprint density at radius 1 is 1.00 bits per heavy atom. The van der Waals surface area contributed by atoms with Gasteiger partial charge in [-0.3, -0.25) is 9.79 Å². The third-order valence-corrected chi connectivity index (χ3v) is 2.93. The van der Waals surface area contributed by atoms with E-state index in [9.17, 15) is 14.7 Å². The van der Waals surface area contributed by atoms with E-state index >= 15 is 0 Å². The van der Waals surface area contributed by atoms with E-state index in [2.05, 4.69) is 4.99 Å². The van der Waals surface area contributed by atoms with Gasteiger partial charge in [0.2, 0.25) is 0 Å². The molecule has 0 saturated heterocycles. The maximum Gasteiger partial charge on any atom is 0.332 e. The molecule has 0 amide bonds. The highest BCUT2D eigenvalue weighted by atomic mass is 16.6. The first-order chi connectivity index (χ1) is 12.4. The molecule has 1 rings (SSSR count). The van der Waals surface area contributed by atoms with Crippen LogP contribution in [-0.2, 0) is 30.4 Å². The lowest BCUT2D eigenvalue weighted by molar-refractivity contribution is -0.252. The highest BCUT2D eigenvalue weighted by Crippen LogP contribution is 2.15. The SMILES string of the molecule is CC(C)(C)OC(=O)CC(N=C([O-])OCc1ccccc1)C(=O)OC(C)(C)C. The maximum atomic E-state index is 12.3. The van der Waals surface area contributed by atoms with Crippen LogP contribution in [0.15, 0.2) is 35.3 Å². The molecule has 0 aromatic heterocycles. The Bertz CT molecular complexity index is 655. The minimum Gasteiger partial charge on any atom is -0.596 e. The molecule has 7 heteroatoms. The Kier molecular flexibility index (Phi) is 7.82. The largest absolute Gasteiger partial charge is 0.596 e. The van der Waals surface area contributed by atoms with Gasteiger partial charge < -0.3 is 19.3 Å². The second kappa shape index (κ2) is 9.39. The lowest BCUT2D eigenvalue weighted by Gasteiger charge is -2.24. The molecule has 0 aliphatic heterocycles. The second-order valence-electron chi connectivity index (χ2n) is 8.01. The zero-order valence-electron chi connectivity index (χ0n) is 16.8. The average Bonchev–Trinajstić information content (AvgIpc) is 2.50. The second-order valence-corrected chi connectivity index (χ2v) is 8.01. The highest BCUT2D eigenvalue weighted by Gasteiger charge is 2.29. The summed E-state index contributed by atoms with van der Waals surface area (Å²) < 4.78 is 15.5. The fraction of sp³-hybridized carbons (Fsp3) is 0.550. The first kappa shape index (κ1) is 22.5. The van der Waals surface area contributed by atoms with Gasteiger partial charge in [0.25, 0.3) is 0 Å². The molecule has 27 heavy (non-hydrogen) atoms. The molecule has 0 fully saturated rings. The summed E-state index contributed by atoms with van der Waals surface area (Å²) in [6.07, 6.45) is -1.36. The summed E-state index contributed by atoms with van der Waals surface area (Å²) in [4.78, 5) is 28.1. The summed E-state index contributed by atoms with van der Waals surface area (Å²) in [5, 5.41) is 12.0. The van der Waals surface area contributed by atoms with Crippen molar-refractivity contribution in [3.8, 4) is 0 Å². The van der Waals surface area contributed by atoms with E-state index in [0.29, 0.717) is 0 Å². The number of aliphatic imine (C=N–C) groups is 1. The van der Waals surface area contributed by atoms with Gasteiger partial charge in [0, 0.05) is 6.61 Å². The van der Waals surface area contributed by atoms with Gasteiger partial charge >= 0.3 is 11.9 Å². The van der Waals surface area contributed by atoms with Gasteiger partial charge in [0.15, 0.2) is 6.04 Å². The zero-order valence-corrected chi connectivity index (χ0v) is 16.8. The highest BCUT2D eigenvalue weighted by molar-refractivity contribution is 5.85. The molecule has 0 bridgehead atoms. The van der Waals surface area contributed by atoms with E-state index in [-0.39, 0.29) is 6.61 Å². The van der Waals surface area contributed by atoms with Crippen LogP contribution >= 0.6 is 0 Å². The third kappa shape index (κ3) is 10.2. The summed E-state index contributed by atoms with van der Waals surface area (Å²) in [5.74, 6) is -1.44. The summed E-state index contributed by atoms with van der Waals surface area (Å²) in [5.41, 5.74) is -0.724. The van der Waals surface area contributed by atoms with Crippen LogP contribution in [0.4, 0.5) is 0 Å². The van der Waals surface area contributed by atoms with E-state index in [1.807, 2.05) is 18.2 Å². The number of nitrogens with zero attached hydrogens (tertiary/aromatic N) is 1. The normalized spacial score (nSPS) is 13.6. The Morgan fingerprint density at radius 2 is 1.56 bits per heavy atom. The van der Waals surface area contributed by atoms with Crippen molar-refractivity contribution in [2.75, 3.05) is 0 Å². The molecular weight excluding hydrogens is 350 g/mol. The van der Waals surface area contributed by atoms with Crippen molar-refractivity contribution in [2.45, 2.75) is 71.8 Å². The molecule has 1 unspecified atom stereocenters. The topological polar surface area (TPSA) is 97.3 Å². The molecule has 150 valence electrons. The van der Waals surface area contributed by atoms with E-state index in [0.717, 1.165) is 5.56 Å². The zero-order chi connectivity index (χ0) is 20.7. The fourth-order valence-electron chi connectivity index (χ4n) is 1.98. The molecule has 1 atom stereocenters. The minimum absolute atomic E-state index is 0.0106. The van der Waals surface area contributed by atoms with Crippen LogP contribution < -0.4 is 5.11 Å². The molecule has 0 heterocycles. The van der Waals surface area contributed by atoms with Gasteiger partial charge in [-0.1, -0.05) is 30.3 Å². The molecular formula is C20H28NO6-. The van der Waals surface area contributed by atoms with Crippen molar-refractivity contribution >= 4 is 18.0 Å². The number of hydrogen-bond acceptors (Lipinski definition) is 7. The van der Waals surface area contributed by atoms with E-state index in [1.54, 1.807) is 53.7 Å². The lowest BCUT2D eigenvalue weighted by Crippen LogP contribution is -2.36. The third-order valence-electron chi connectivity index (χ3n) is 2.93. The van der Waals surface area contributed by atoms with Crippen molar-refractivity contribution < 1.29 is 28.9 Å². The predicted octanol–water partition coefficient (Wildman–Crippen LogP) is 2.36. The van der Waals surface area contributed by atoms with Gasteiger partial charge in [0.05, 0.1) is 6.42 Å². The Hall–Kier alpha value is -2.57. The van der Waals surface area contributed by atoms with Gasteiger partial charge in [-0.2, -0.15) is 0 Å². The molecule has 1 aromatic rings. The Morgan fingerprint density at radius 3 is 2.07 bits per heavy atom. The van der Waals surface area contributed by atoms with Crippen LogP contribution in [0.2, 0.25) is 0 Å². The monoisotopic (exact) mass is 378 g/mol. The Labute approximate surface area is 160 Å². The summed E-state index contributed by atoms with van der Waals surface area (Å²) in [6.45, 7) is 10.2. The van der Waals surface area contributed by atoms with Crippen LogP contribution in [0, 0.1) is 0 Å². The quantitative estimate of drug-likeness (QED) is 0.428. The number of carbonyl (C=O) groups excluding carboxylic acids is 2. The summed E-state index contributed by atoms with van der Waals surface area (Å²) in [7, 11) is 0. The van der Waals surface area contributed by atoms with Crippen LogP contribution in [0.25, 0.3) is 0 Å². The number of rotatable bonds is 6. The lowest BCUT2D eigenvalue weighted by atomic mass is 10.1. The number of carbonyl (C=O) groups is 2. The van der Waals surface area contributed by atoms with Crippen LogP contribution in [0.3, 0.4) is 0 Å². The smallest absolute Gasteiger partial charge is 0.332 e.